The second-order valence-electron chi connectivity index (χ2n) is 6.34. The lowest BCUT2D eigenvalue weighted by Gasteiger charge is -2.14. The van der Waals surface area contributed by atoms with Crippen molar-refractivity contribution in [1.82, 2.24) is 4.98 Å². The van der Waals surface area contributed by atoms with E-state index in [2.05, 4.69) is 81.4 Å². The maximum absolute atomic E-state index is 4.88. The van der Waals surface area contributed by atoms with Crippen LogP contribution in [-0.4, -0.2) is 4.98 Å². The highest BCUT2D eigenvalue weighted by atomic mass is 14.7. The molecule has 3 aromatic carbocycles. The van der Waals surface area contributed by atoms with Crippen molar-refractivity contribution in [2.45, 2.75) is 20.8 Å². The summed E-state index contributed by atoms with van der Waals surface area (Å²) in [7, 11) is 0. The third kappa shape index (κ3) is 2.29. The van der Waals surface area contributed by atoms with Crippen molar-refractivity contribution >= 4 is 21.8 Å². The second-order valence-corrected chi connectivity index (χ2v) is 6.34. The zero-order valence-corrected chi connectivity index (χ0v) is 13.7. The summed E-state index contributed by atoms with van der Waals surface area (Å²) in [6.45, 7) is 6.46. The van der Waals surface area contributed by atoms with Gasteiger partial charge in [0.2, 0.25) is 0 Å². The minimum absolute atomic E-state index is 1.06. The van der Waals surface area contributed by atoms with Gasteiger partial charge in [0, 0.05) is 16.3 Å². The predicted octanol–water partition coefficient (Wildman–Crippen LogP) is 5.98. The molecule has 0 amide bonds. The predicted molar refractivity (Wildman–Crippen MR) is 98.9 cm³/mol. The molecule has 0 aliphatic rings. The Kier molecular flexibility index (Phi) is 3.16. The number of benzene rings is 3. The molecule has 0 saturated carbocycles. The van der Waals surface area contributed by atoms with Gasteiger partial charge in [-0.2, -0.15) is 0 Å². The van der Waals surface area contributed by atoms with Crippen LogP contribution in [0.4, 0.5) is 0 Å². The van der Waals surface area contributed by atoms with E-state index in [-0.39, 0.29) is 0 Å². The summed E-state index contributed by atoms with van der Waals surface area (Å²) < 4.78 is 0. The standard InChI is InChI=1S/C22H19N/c1-14-8-10-20-18(12-14)22(17-7-5-4-6-16(17)3)19-13-15(2)9-11-21(19)23-20/h4-13H,1-3H3. The van der Waals surface area contributed by atoms with E-state index in [0.29, 0.717) is 0 Å². The molecule has 0 unspecified atom stereocenters. The SMILES string of the molecule is Cc1ccc2nc3ccc(C)cc3c(-c3ccccc3C)c2c1. The summed E-state index contributed by atoms with van der Waals surface area (Å²) in [5, 5.41) is 2.47. The average Bonchev–Trinajstić information content (AvgIpc) is 2.54. The number of nitrogens with zero attached hydrogens (tertiary/aromatic N) is 1. The molecule has 1 heteroatoms. The lowest BCUT2D eigenvalue weighted by Crippen LogP contribution is -1.92. The molecule has 0 atom stereocenters. The quantitative estimate of drug-likeness (QED) is 0.394. The highest BCUT2D eigenvalue weighted by molar-refractivity contribution is 6.10. The maximum atomic E-state index is 4.88. The van der Waals surface area contributed by atoms with Gasteiger partial charge in [-0.15, -0.1) is 0 Å². The van der Waals surface area contributed by atoms with E-state index in [9.17, 15) is 0 Å². The lowest BCUT2D eigenvalue weighted by atomic mass is 9.92. The summed E-state index contributed by atoms with van der Waals surface area (Å²) in [4.78, 5) is 4.88. The van der Waals surface area contributed by atoms with Crippen molar-refractivity contribution in [2.24, 2.45) is 0 Å². The second kappa shape index (κ2) is 5.20. The van der Waals surface area contributed by atoms with E-state index >= 15 is 0 Å². The summed E-state index contributed by atoms with van der Waals surface area (Å²) >= 11 is 0. The molecule has 112 valence electrons. The van der Waals surface area contributed by atoms with E-state index in [4.69, 9.17) is 4.98 Å². The van der Waals surface area contributed by atoms with Crippen LogP contribution >= 0.6 is 0 Å². The summed E-state index contributed by atoms with van der Waals surface area (Å²) in [5.41, 5.74) is 8.54. The van der Waals surface area contributed by atoms with E-state index in [0.717, 1.165) is 11.0 Å². The largest absolute Gasteiger partial charge is 0.248 e. The van der Waals surface area contributed by atoms with Crippen LogP contribution < -0.4 is 0 Å². The smallest absolute Gasteiger partial charge is 0.0716 e. The van der Waals surface area contributed by atoms with Crippen molar-refractivity contribution in [3.63, 3.8) is 0 Å². The average molecular weight is 297 g/mol. The minimum Gasteiger partial charge on any atom is -0.248 e. The molecule has 0 spiro atoms. The number of rotatable bonds is 1. The monoisotopic (exact) mass is 297 g/mol. The summed E-state index contributed by atoms with van der Waals surface area (Å²) in [6, 6.07) is 21.7. The van der Waals surface area contributed by atoms with Crippen LogP contribution in [0.1, 0.15) is 16.7 Å². The van der Waals surface area contributed by atoms with Gasteiger partial charge in [-0.05, 0) is 56.2 Å². The molecular weight excluding hydrogens is 278 g/mol. The van der Waals surface area contributed by atoms with Crippen molar-refractivity contribution in [3.05, 3.63) is 77.4 Å². The van der Waals surface area contributed by atoms with Crippen LogP contribution in [0, 0.1) is 20.8 Å². The van der Waals surface area contributed by atoms with Gasteiger partial charge < -0.3 is 0 Å². The Morgan fingerprint density at radius 3 is 1.78 bits per heavy atom. The Bertz CT molecular complexity index is 984. The number of pyridine rings is 1. The van der Waals surface area contributed by atoms with Crippen LogP contribution in [0.25, 0.3) is 32.9 Å². The van der Waals surface area contributed by atoms with Gasteiger partial charge in [0.05, 0.1) is 11.0 Å². The first-order chi connectivity index (χ1) is 11.1. The van der Waals surface area contributed by atoms with Crippen molar-refractivity contribution in [3.8, 4) is 11.1 Å². The van der Waals surface area contributed by atoms with Crippen LogP contribution in [-0.2, 0) is 0 Å². The first-order valence-corrected chi connectivity index (χ1v) is 8.00. The topological polar surface area (TPSA) is 12.9 Å². The van der Waals surface area contributed by atoms with E-state index in [1.807, 2.05) is 0 Å². The van der Waals surface area contributed by atoms with Gasteiger partial charge in [0.15, 0.2) is 0 Å². The first kappa shape index (κ1) is 14.0. The molecule has 1 aromatic heterocycles. The zero-order valence-electron chi connectivity index (χ0n) is 13.7. The third-order valence-corrected chi connectivity index (χ3v) is 4.50. The Morgan fingerprint density at radius 2 is 1.22 bits per heavy atom. The van der Waals surface area contributed by atoms with E-state index in [1.165, 1.54) is 38.6 Å². The van der Waals surface area contributed by atoms with Gasteiger partial charge in [-0.25, -0.2) is 4.98 Å². The molecule has 0 aliphatic carbocycles. The molecule has 4 rings (SSSR count). The van der Waals surface area contributed by atoms with Crippen LogP contribution in [0.15, 0.2) is 60.7 Å². The van der Waals surface area contributed by atoms with E-state index < -0.39 is 0 Å². The fourth-order valence-corrected chi connectivity index (χ4v) is 3.31. The Labute approximate surface area is 136 Å². The van der Waals surface area contributed by atoms with Gasteiger partial charge in [0.1, 0.15) is 0 Å². The van der Waals surface area contributed by atoms with Gasteiger partial charge >= 0.3 is 0 Å². The molecule has 0 aliphatic heterocycles. The number of hydrogen-bond donors (Lipinski definition) is 0. The Morgan fingerprint density at radius 1 is 0.652 bits per heavy atom. The van der Waals surface area contributed by atoms with Crippen molar-refractivity contribution in [2.75, 3.05) is 0 Å². The van der Waals surface area contributed by atoms with Crippen LogP contribution in [0.5, 0.6) is 0 Å². The van der Waals surface area contributed by atoms with Gasteiger partial charge in [0.25, 0.3) is 0 Å². The normalized spacial score (nSPS) is 11.3. The molecule has 0 saturated heterocycles. The molecule has 1 heterocycles. The zero-order chi connectivity index (χ0) is 16.0. The molecule has 0 fully saturated rings. The third-order valence-electron chi connectivity index (χ3n) is 4.50. The number of hydrogen-bond acceptors (Lipinski definition) is 1. The van der Waals surface area contributed by atoms with Crippen molar-refractivity contribution < 1.29 is 0 Å². The molecular formula is C22H19N. The molecule has 23 heavy (non-hydrogen) atoms. The Balaban J connectivity index is 2.26. The van der Waals surface area contributed by atoms with E-state index in [1.54, 1.807) is 0 Å². The summed E-state index contributed by atoms with van der Waals surface area (Å²) in [5.74, 6) is 0. The highest BCUT2D eigenvalue weighted by Gasteiger charge is 2.13. The number of aryl methyl sites for hydroxylation is 3. The van der Waals surface area contributed by atoms with Crippen LogP contribution in [0.2, 0.25) is 0 Å². The van der Waals surface area contributed by atoms with Gasteiger partial charge in [-0.3, -0.25) is 0 Å². The fourth-order valence-electron chi connectivity index (χ4n) is 3.31. The molecule has 4 aromatic rings. The molecule has 0 N–H and O–H groups in total. The minimum atomic E-state index is 1.06. The fraction of sp³-hybridized carbons (Fsp3) is 0.136. The van der Waals surface area contributed by atoms with Gasteiger partial charge in [-0.1, -0.05) is 47.5 Å². The first-order valence-electron chi connectivity index (χ1n) is 8.00. The Hall–Kier alpha value is -2.67. The lowest BCUT2D eigenvalue weighted by molar-refractivity contribution is 1.42. The molecule has 1 nitrogen and oxygen atoms in total. The maximum Gasteiger partial charge on any atom is 0.0716 e. The van der Waals surface area contributed by atoms with Crippen molar-refractivity contribution in [1.29, 1.82) is 0 Å². The highest BCUT2D eigenvalue weighted by Crippen LogP contribution is 2.37. The van der Waals surface area contributed by atoms with Crippen LogP contribution in [0.3, 0.4) is 0 Å². The number of aromatic nitrogens is 1. The molecule has 0 bridgehead atoms. The molecule has 0 radical (unpaired) electrons. The summed E-state index contributed by atoms with van der Waals surface area (Å²) in [6.07, 6.45) is 0. The number of fused-ring (bicyclic) bond motifs is 2.